The summed E-state index contributed by atoms with van der Waals surface area (Å²) in [4.78, 5) is 37.9. The van der Waals surface area contributed by atoms with Crippen molar-refractivity contribution >= 4 is 17.9 Å². The van der Waals surface area contributed by atoms with E-state index in [1.807, 2.05) is 0 Å². The Kier molecular flexibility index (Phi) is 7.12. The van der Waals surface area contributed by atoms with Crippen molar-refractivity contribution in [2.24, 2.45) is 16.2 Å². The third-order valence-corrected chi connectivity index (χ3v) is 4.53. The largest absolute Gasteiger partial charge is 0.422 e. The van der Waals surface area contributed by atoms with Gasteiger partial charge in [-0.3, -0.25) is 14.4 Å². The normalized spacial score (nSPS) is 17.4. The van der Waals surface area contributed by atoms with Gasteiger partial charge >= 0.3 is 17.9 Å². The molecule has 8 heteroatoms. The molecule has 1 saturated heterocycles. The lowest BCUT2D eigenvalue weighted by molar-refractivity contribution is -0.146. The van der Waals surface area contributed by atoms with Gasteiger partial charge in [0, 0.05) is 0 Å². The van der Waals surface area contributed by atoms with E-state index in [0.717, 1.165) is 0 Å². The summed E-state index contributed by atoms with van der Waals surface area (Å²) >= 11 is 0. The lowest BCUT2D eigenvalue weighted by atomic mass is 9.96. The van der Waals surface area contributed by atoms with Crippen LogP contribution < -0.4 is 14.2 Å². The van der Waals surface area contributed by atoms with Crippen molar-refractivity contribution in [3.8, 4) is 17.2 Å². The summed E-state index contributed by atoms with van der Waals surface area (Å²) in [6, 6.07) is 2.80. The van der Waals surface area contributed by atoms with Crippen molar-refractivity contribution in [2.75, 3.05) is 6.61 Å². The zero-order valence-electron chi connectivity index (χ0n) is 20.3. The van der Waals surface area contributed by atoms with Gasteiger partial charge in [-0.1, -0.05) is 0 Å². The molecule has 1 aromatic rings. The summed E-state index contributed by atoms with van der Waals surface area (Å²) in [5, 5.41) is 10.6. The molecule has 1 N–H and O–H groups in total. The number of carbonyl (C=O) groups excluding carboxylic acids is 3. The first-order valence-electron chi connectivity index (χ1n) is 10.6. The van der Waals surface area contributed by atoms with Gasteiger partial charge in [-0.2, -0.15) is 0 Å². The molecule has 8 nitrogen and oxygen atoms in total. The summed E-state index contributed by atoms with van der Waals surface area (Å²) in [5.74, 6) is -2.25. The van der Waals surface area contributed by atoms with Gasteiger partial charge in [0.25, 0.3) is 0 Å². The molecule has 0 spiro atoms. The third kappa shape index (κ3) is 6.53. The van der Waals surface area contributed by atoms with Crippen LogP contribution in [0.4, 0.5) is 0 Å². The van der Waals surface area contributed by atoms with E-state index in [1.54, 1.807) is 62.3 Å². The predicted molar refractivity (Wildman–Crippen MR) is 116 cm³/mol. The number of hydrogen-bond donors (Lipinski definition) is 1. The number of ether oxygens (including phenoxy) is 4. The Balaban J connectivity index is 2.65. The highest BCUT2D eigenvalue weighted by Crippen LogP contribution is 2.44. The Labute approximate surface area is 189 Å². The molecule has 1 aliphatic rings. The van der Waals surface area contributed by atoms with Crippen LogP contribution in [0.25, 0.3) is 0 Å². The molecule has 178 valence electrons. The predicted octanol–water partition coefficient (Wildman–Crippen LogP) is 3.97. The standard InChI is InChI=1S/C24H34O8/c1-22(2,3)19(26)30-14-10-13(17(25)16-12-29-16)11-15(31-20(27)23(4,5)6)18(14)32-21(28)24(7,8)9/h10-11,16-17,25H,12H2,1-9H3/t16-,17-/m0/s1. The molecular weight excluding hydrogens is 416 g/mol. The van der Waals surface area contributed by atoms with Gasteiger partial charge in [0.1, 0.15) is 12.2 Å². The first-order chi connectivity index (χ1) is 14.4. The van der Waals surface area contributed by atoms with Gasteiger partial charge in [-0.25, -0.2) is 0 Å². The fourth-order valence-electron chi connectivity index (χ4n) is 2.22. The SMILES string of the molecule is CC(C)(C)C(=O)Oc1cc([C@H](O)[C@@H]2CO2)cc(OC(=O)C(C)(C)C)c1OC(=O)C(C)(C)C. The minimum absolute atomic E-state index is 0.128. The Morgan fingerprint density at radius 1 is 0.812 bits per heavy atom. The Bertz CT molecular complexity index is 843. The van der Waals surface area contributed by atoms with Crippen LogP contribution in [0.15, 0.2) is 12.1 Å². The van der Waals surface area contributed by atoms with Crippen LogP contribution in [0.5, 0.6) is 17.2 Å². The van der Waals surface area contributed by atoms with E-state index in [4.69, 9.17) is 18.9 Å². The van der Waals surface area contributed by atoms with Crippen molar-refractivity contribution in [2.45, 2.75) is 74.5 Å². The number of rotatable bonds is 5. The minimum atomic E-state index is -1.04. The monoisotopic (exact) mass is 450 g/mol. The molecule has 1 heterocycles. The van der Waals surface area contributed by atoms with Gasteiger partial charge in [0.15, 0.2) is 11.5 Å². The summed E-state index contributed by atoms with van der Waals surface area (Å²) < 4.78 is 21.9. The second-order valence-electron chi connectivity index (χ2n) is 11.1. The minimum Gasteiger partial charge on any atom is -0.422 e. The van der Waals surface area contributed by atoms with Crippen molar-refractivity contribution in [3.05, 3.63) is 17.7 Å². The third-order valence-electron chi connectivity index (χ3n) is 4.53. The lowest BCUT2D eigenvalue weighted by Crippen LogP contribution is -2.29. The number of carbonyl (C=O) groups is 3. The van der Waals surface area contributed by atoms with E-state index in [1.165, 1.54) is 12.1 Å². The molecule has 2 atom stereocenters. The average molecular weight is 451 g/mol. The van der Waals surface area contributed by atoms with Gasteiger partial charge in [0.2, 0.25) is 5.75 Å². The molecule has 0 bridgehead atoms. The molecule has 0 saturated carbocycles. The molecule has 2 rings (SSSR count). The van der Waals surface area contributed by atoms with Crippen LogP contribution in [-0.2, 0) is 19.1 Å². The molecule has 32 heavy (non-hydrogen) atoms. The second kappa shape index (κ2) is 8.83. The van der Waals surface area contributed by atoms with Crippen molar-refractivity contribution < 1.29 is 38.4 Å². The van der Waals surface area contributed by atoms with Crippen molar-refractivity contribution in [1.29, 1.82) is 0 Å². The Morgan fingerprint density at radius 2 is 1.16 bits per heavy atom. The molecule has 0 aliphatic carbocycles. The number of hydrogen-bond acceptors (Lipinski definition) is 8. The summed E-state index contributed by atoms with van der Waals surface area (Å²) in [5.41, 5.74) is -2.29. The van der Waals surface area contributed by atoms with E-state index in [9.17, 15) is 19.5 Å². The smallest absolute Gasteiger partial charge is 0.316 e. The van der Waals surface area contributed by atoms with E-state index in [2.05, 4.69) is 0 Å². The van der Waals surface area contributed by atoms with Crippen LogP contribution in [0.3, 0.4) is 0 Å². The van der Waals surface area contributed by atoms with Crippen molar-refractivity contribution in [1.82, 2.24) is 0 Å². The van der Waals surface area contributed by atoms with E-state index in [0.29, 0.717) is 12.2 Å². The number of aliphatic hydroxyl groups is 1. The first-order valence-corrected chi connectivity index (χ1v) is 10.6. The second-order valence-corrected chi connectivity index (χ2v) is 11.1. The van der Waals surface area contributed by atoms with Crippen LogP contribution >= 0.6 is 0 Å². The maximum atomic E-state index is 12.7. The van der Waals surface area contributed by atoms with Crippen molar-refractivity contribution in [3.63, 3.8) is 0 Å². The zero-order valence-corrected chi connectivity index (χ0v) is 20.3. The lowest BCUT2D eigenvalue weighted by Gasteiger charge is -2.24. The van der Waals surface area contributed by atoms with Crippen LogP contribution in [0.2, 0.25) is 0 Å². The molecular formula is C24H34O8. The highest BCUT2D eigenvalue weighted by atomic mass is 16.6. The van der Waals surface area contributed by atoms with Crippen LogP contribution in [-0.4, -0.2) is 35.7 Å². The Morgan fingerprint density at radius 3 is 1.47 bits per heavy atom. The molecule has 0 aromatic heterocycles. The molecule has 0 radical (unpaired) electrons. The molecule has 0 unspecified atom stereocenters. The fraction of sp³-hybridized carbons (Fsp3) is 0.625. The average Bonchev–Trinajstić information content (AvgIpc) is 3.45. The molecule has 1 aliphatic heterocycles. The maximum absolute atomic E-state index is 12.7. The van der Waals surface area contributed by atoms with Crippen LogP contribution in [0.1, 0.15) is 74.0 Å². The topological polar surface area (TPSA) is 112 Å². The first kappa shape index (κ1) is 25.8. The summed E-state index contributed by atoms with van der Waals surface area (Å²) in [6.45, 7) is 15.4. The summed E-state index contributed by atoms with van der Waals surface area (Å²) in [7, 11) is 0. The number of epoxide rings is 1. The van der Waals surface area contributed by atoms with Crippen LogP contribution in [0, 0.1) is 16.2 Å². The quantitative estimate of drug-likeness (QED) is 0.407. The molecule has 1 fully saturated rings. The van der Waals surface area contributed by atoms with Gasteiger partial charge < -0.3 is 24.1 Å². The number of aliphatic hydroxyl groups excluding tert-OH is 1. The van der Waals surface area contributed by atoms with E-state index >= 15 is 0 Å². The Hall–Kier alpha value is -2.45. The summed E-state index contributed by atoms with van der Waals surface area (Å²) in [6.07, 6.45) is -1.46. The molecule has 0 amide bonds. The van der Waals surface area contributed by atoms with Gasteiger partial charge in [-0.05, 0) is 80.0 Å². The zero-order chi connectivity index (χ0) is 24.6. The van der Waals surface area contributed by atoms with E-state index < -0.39 is 46.4 Å². The maximum Gasteiger partial charge on any atom is 0.316 e. The fourth-order valence-corrected chi connectivity index (χ4v) is 2.22. The number of benzene rings is 1. The van der Waals surface area contributed by atoms with E-state index in [-0.39, 0.29) is 17.2 Å². The van der Waals surface area contributed by atoms with Gasteiger partial charge in [-0.15, -0.1) is 0 Å². The van der Waals surface area contributed by atoms with Gasteiger partial charge in [0.05, 0.1) is 22.9 Å². The number of esters is 3. The highest BCUT2D eigenvalue weighted by molar-refractivity contribution is 5.84. The molecule has 1 aromatic carbocycles. The highest BCUT2D eigenvalue weighted by Gasteiger charge is 2.36.